The third kappa shape index (κ3) is 6.64. The molecular formula is C16H21N3O4. The molecule has 0 unspecified atom stereocenters. The van der Waals surface area contributed by atoms with Gasteiger partial charge in [-0.25, -0.2) is 9.59 Å². The Hall–Kier alpha value is -2.83. The molecule has 0 aliphatic rings. The van der Waals surface area contributed by atoms with Crippen molar-refractivity contribution in [3.63, 3.8) is 0 Å². The number of esters is 1. The minimum atomic E-state index is -0.955. The van der Waals surface area contributed by atoms with Gasteiger partial charge < -0.3 is 20.7 Å². The van der Waals surface area contributed by atoms with Gasteiger partial charge in [-0.15, -0.1) is 6.58 Å². The third-order valence-electron chi connectivity index (χ3n) is 2.82. The van der Waals surface area contributed by atoms with Crippen LogP contribution in [0.5, 0.6) is 0 Å². The first-order chi connectivity index (χ1) is 10.9. The van der Waals surface area contributed by atoms with E-state index >= 15 is 0 Å². The quantitative estimate of drug-likeness (QED) is 0.523. The van der Waals surface area contributed by atoms with Crippen LogP contribution < -0.4 is 16.0 Å². The molecule has 0 heterocycles. The van der Waals surface area contributed by atoms with Crippen molar-refractivity contribution in [2.75, 3.05) is 11.9 Å². The average molecular weight is 319 g/mol. The molecule has 0 saturated heterocycles. The molecule has 0 radical (unpaired) electrons. The van der Waals surface area contributed by atoms with Crippen molar-refractivity contribution in [1.29, 1.82) is 0 Å². The zero-order valence-corrected chi connectivity index (χ0v) is 13.2. The Bertz CT molecular complexity index is 560. The summed E-state index contributed by atoms with van der Waals surface area (Å²) in [6, 6.07) is 7.37. The van der Waals surface area contributed by atoms with Crippen molar-refractivity contribution in [3.8, 4) is 0 Å². The molecule has 0 aliphatic carbocycles. The standard InChI is InChI=1S/C16H21N3O4/c1-4-10-17-14(20)12(3)23-15(21)11(2)18-16(22)19-13-8-6-5-7-9-13/h4-9,11-12H,1,10H2,2-3H3,(H,17,20)(H2,18,19,22)/t11-,12+/m0/s1. The number of benzene rings is 1. The second-order valence-electron chi connectivity index (χ2n) is 4.80. The number of anilines is 1. The van der Waals surface area contributed by atoms with Crippen molar-refractivity contribution in [3.05, 3.63) is 43.0 Å². The van der Waals surface area contributed by atoms with Gasteiger partial charge in [0.25, 0.3) is 5.91 Å². The van der Waals surface area contributed by atoms with Crippen LogP contribution in [0.1, 0.15) is 13.8 Å². The smallest absolute Gasteiger partial charge is 0.329 e. The molecule has 0 fully saturated rings. The fourth-order valence-electron chi connectivity index (χ4n) is 1.59. The highest BCUT2D eigenvalue weighted by Gasteiger charge is 2.22. The van der Waals surface area contributed by atoms with Gasteiger partial charge in [0, 0.05) is 12.2 Å². The van der Waals surface area contributed by atoms with Crippen LogP contribution in [0.15, 0.2) is 43.0 Å². The highest BCUT2D eigenvalue weighted by Crippen LogP contribution is 2.04. The van der Waals surface area contributed by atoms with E-state index in [0.29, 0.717) is 5.69 Å². The number of ether oxygens (including phenoxy) is 1. The molecule has 3 N–H and O–H groups in total. The van der Waals surface area contributed by atoms with Gasteiger partial charge >= 0.3 is 12.0 Å². The first-order valence-electron chi connectivity index (χ1n) is 7.15. The summed E-state index contributed by atoms with van der Waals surface area (Å²) in [5.41, 5.74) is 0.600. The normalized spacial score (nSPS) is 12.4. The number of urea groups is 1. The zero-order valence-electron chi connectivity index (χ0n) is 13.2. The number of hydrogen-bond donors (Lipinski definition) is 3. The topological polar surface area (TPSA) is 96.5 Å². The summed E-state index contributed by atoms with van der Waals surface area (Å²) in [7, 11) is 0. The minimum Gasteiger partial charge on any atom is -0.451 e. The highest BCUT2D eigenvalue weighted by molar-refractivity contribution is 5.93. The number of carbonyl (C=O) groups is 3. The summed E-state index contributed by atoms with van der Waals surface area (Å²) in [5.74, 6) is -1.13. The maximum Gasteiger partial charge on any atom is 0.329 e. The number of para-hydroxylation sites is 1. The summed E-state index contributed by atoms with van der Waals surface area (Å²) in [5, 5.41) is 7.54. The lowest BCUT2D eigenvalue weighted by Gasteiger charge is -2.17. The molecular weight excluding hydrogens is 298 g/mol. The Kier molecular flexibility index (Phi) is 7.32. The van der Waals surface area contributed by atoms with Crippen LogP contribution in [-0.4, -0.2) is 36.6 Å². The third-order valence-corrected chi connectivity index (χ3v) is 2.82. The van der Waals surface area contributed by atoms with Gasteiger partial charge in [-0.05, 0) is 26.0 Å². The van der Waals surface area contributed by atoms with Gasteiger partial charge in [0.2, 0.25) is 0 Å². The molecule has 2 atom stereocenters. The number of carbonyl (C=O) groups excluding carboxylic acids is 3. The van der Waals surface area contributed by atoms with Crippen LogP contribution in [0.25, 0.3) is 0 Å². The Balaban J connectivity index is 2.42. The van der Waals surface area contributed by atoms with Crippen LogP contribution in [0.3, 0.4) is 0 Å². The van der Waals surface area contributed by atoms with Crippen molar-refractivity contribution in [2.45, 2.75) is 26.0 Å². The summed E-state index contributed by atoms with van der Waals surface area (Å²) < 4.78 is 4.99. The van der Waals surface area contributed by atoms with E-state index in [1.165, 1.54) is 19.9 Å². The van der Waals surface area contributed by atoms with Gasteiger partial charge in [0.05, 0.1) is 0 Å². The number of hydrogen-bond acceptors (Lipinski definition) is 4. The lowest BCUT2D eigenvalue weighted by Crippen LogP contribution is -2.44. The minimum absolute atomic E-state index is 0.286. The van der Waals surface area contributed by atoms with Crippen LogP contribution in [0.2, 0.25) is 0 Å². The molecule has 1 rings (SSSR count). The van der Waals surface area contributed by atoms with E-state index in [1.807, 2.05) is 6.07 Å². The second kappa shape index (κ2) is 9.24. The predicted octanol–water partition coefficient (Wildman–Crippen LogP) is 1.43. The van der Waals surface area contributed by atoms with Gasteiger partial charge in [-0.3, -0.25) is 4.79 Å². The molecule has 0 bridgehead atoms. The van der Waals surface area contributed by atoms with E-state index in [4.69, 9.17) is 4.74 Å². The fourth-order valence-corrected chi connectivity index (χ4v) is 1.59. The molecule has 1 aromatic rings. The summed E-state index contributed by atoms with van der Waals surface area (Å²) in [4.78, 5) is 35.2. The lowest BCUT2D eigenvalue weighted by atomic mass is 10.3. The zero-order chi connectivity index (χ0) is 17.2. The molecule has 0 aromatic heterocycles. The summed E-state index contributed by atoms with van der Waals surface area (Å²) >= 11 is 0. The Morgan fingerprint density at radius 1 is 1.22 bits per heavy atom. The molecule has 0 spiro atoms. The van der Waals surface area contributed by atoms with Gasteiger partial charge in [0.1, 0.15) is 6.04 Å². The second-order valence-corrected chi connectivity index (χ2v) is 4.80. The SMILES string of the molecule is C=CCNC(=O)[C@@H](C)OC(=O)[C@H](C)NC(=O)Nc1ccccc1. The summed E-state index contributed by atoms with van der Waals surface area (Å²) in [6.07, 6.45) is 0.564. The van der Waals surface area contributed by atoms with E-state index in [2.05, 4.69) is 22.5 Å². The number of rotatable bonds is 7. The predicted molar refractivity (Wildman–Crippen MR) is 86.8 cm³/mol. The molecule has 3 amide bonds. The largest absolute Gasteiger partial charge is 0.451 e. The average Bonchev–Trinajstić information content (AvgIpc) is 2.53. The molecule has 0 aliphatic heterocycles. The monoisotopic (exact) mass is 319 g/mol. The van der Waals surface area contributed by atoms with Crippen molar-refractivity contribution < 1.29 is 19.1 Å². The Morgan fingerprint density at radius 3 is 2.48 bits per heavy atom. The van der Waals surface area contributed by atoms with Gasteiger partial charge in [-0.1, -0.05) is 24.3 Å². The molecule has 7 heteroatoms. The Morgan fingerprint density at radius 2 is 1.87 bits per heavy atom. The first-order valence-corrected chi connectivity index (χ1v) is 7.15. The van der Waals surface area contributed by atoms with Crippen LogP contribution in [-0.2, 0) is 14.3 Å². The first kappa shape index (κ1) is 18.2. The number of amides is 3. The maximum atomic E-state index is 11.9. The molecule has 124 valence electrons. The van der Waals surface area contributed by atoms with E-state index in [1.54, 1.807) is 24.3 Å². The lowest BCUT2D eigenvalue weighted by molar-refractivity contribution is -0.156. The molecule has 0 saturated carbocycles. The number of nitrogens with one attached hydrogen (secondary N) is 3. The molecule has 1 aromatic carbocycles. The molecule has 7 nitrogen and oxygen atoms in total. The van der Waals surface area contributed by atoms with E-state index in [9.17, 15) is 14.4 Å². The molecule has 23 heavy (non-hydrogen) atoms. The van der Waals surface area contributed by atoms with Crippen LogP contribution in [0.4, 0.5) is 10.5 Å². The van der Waals surface area contributed by atoms with Crippen molar-refractivity contribution >= 4 is 23.6 Å². The highest BCUT2D eigenvalue weighted by atomic mass is 16.5. The van der Waals surface area contributed by atoms with E-state index in [-0.39, 0.29) is 6.54 Å². The van der Waals surface area contributed by atoms with Crippen molar-refractivity contribution in [2.24, 2.45) is 0 Å². The van der Waals surface area contributed by atoms with E-state index < -0.39 is 30.1 Å². The van der Waals surface area contributed by atoms with Gasteiger partial charge in [-0.2, -0.15) is 0 Å². The summed E-state index contributed by atoms with van der Waals surface area (Å²) in [6.45, 7) is 6.68. The van der Waals surface area contributed by atoms with Crippen molar-refractivity contribution in [1.82, 2.24) is 10.6 Å². The van der Waals surface area contributed by atoms with Crippen LogP contribution >= 0.6 is 0 Å². The van der Waals surface area contributed by atoms with E-state index in [0.717, 1.165) is 0 Å². The Labute approximate surface area is 135 Å². The fraction of sp³-hybridized carbons (Fsp3) is 0.312. The maximum absolute atomic E-state index is 11.9. The van der Waals surface area contributed by atoms with Gasteiger partial charge in [0.15, 0.2) is 6.10 Å². The van der Waals surface area contributed by atoms with Crippen LogP contribution in [0, 0.1) is 0 Å².